The van der Waals surface area contributed by atoms with E-state index in [0.717, 1.165) is 19.3 Å². The summed E-state index contributed by atoms with van der Waals surface area (Å²) in [5.74, 6) is 0. The molecule has 1 saturated carbocycles. The van der Waals surface area contributed by atoms with Gasteiger partial charge in [-0.1, -0.05) is 0 Å². The molecule has 1 heterocycles. The molecule has 7 heteroatoms. The Bertz CT molecular complexity index is 348. The van der Waals surface area contributed by atoms with Crippen molar-refractivity contribution in [2.75, 3.05) is 39.4 Å². The van der Waals surface area contributed by atoms with Crippen LogP contribution in [0.2, 0.25) is 0 Å². The second-order valence-electron chi connectivity index (χ2n) is 4.88. The summed E-state index contributed by atoms with van der Waals surface area (Å²) < 4.78 is 33.3. The molecule has 100 valence electrons. The Morgan fingerprint density at radius 2 is 1.94 bits per heavy atom. The number of hydrogen-bond acceptors (Lipinski definition) is 4. The van der Waals surface area contributed by atoms with Crippen molar-refractivity contribution in [1.29, 1.82) is 0 Å². The van der Waals surface area contributed by atoms with Crippen molar-refractivity contribution >= 4 is 10.2 Å². The molecule has 2 aliphatic rings. The smallest absolute Gasteiger partial charge is 0.279 e. The standard InChI is InChI=1S/C10H21N3O3S/c11-4-3-10(1-2-10)9-12-17(14,15)13-5-7-16-8-6-13/h12H,1-9,11H2. The van der Waals surface area contributed by atoms with Crippen LogP contribution in [0.3, 0.4) is 0 Å². The monoisotopic (exact) mass is 263 g/mol. The molecule has 2 rings (SSSR count). The van der Waals surface area contributed by atoms with E-state index in [0.29, 0.717) is 39.4 Å². The van der Waals surface area contributed by atoms with E-state index in [2.05, 4.69) is 4.72 Å². The summed E-state index contributed by atoms with van der Waals surface area (Å²) in [6.07, 6.45) is 3.06. The second kappa shape index (κ2) is 5.19. The first-order chi connectivity index (χ1) is 8.08. The Morgan fingerprint density at radius 1 is 1.29 bits per heavy atom. The molecule has 1 aliphatic carbocycles. The van der Waals surface area contributed by atoms with E-state index in [9.17, 15) is 8.42 Å². The zero-order valence-corrected chi connectivity index (χ0v) is 10.8. The fourth-order valence-electron chi connectivity index (χ4n) is 2.12. The van der Waals surface area contributed by atoms with Gasteiger partial charge in [-0.05, 0) is 31.2 Å². The summed E-state index contributed by atoms with van der Waals surface area (Å²) >= 11 is 0. The van der Waals surface area contributed by atoms with E-state index in [-0.39, 0.29) is 5.41 Å². The van der Waals surface area contributed by atoms with Crippen LogP contribution in [0.5, 0.6) is 0 Å². The summed E-state index contributed by atoms with van der Waals surface area (Å²) in [6, 6.07) is 0. The van der Waals surface area contributed by atoms with Gasteiger partial charge in [0.05, 0.1) is 13.2 Å². The predicted molar refractivity (Wildman–Crippen MR) is 64.7 cm³/mol. The normalized spacial score (nSPS) is 24.8. The van der Waals surface area contributed by atoms with Crippen LogP contribution in [0.4, 0.5) is 0 Å². The minimum atomic E-state index is -3.33. The van der Waals surface area contributed by atoms with Crippen LogP contribution in [-0.2, 0) is 14.9 Å². The molecule has 0 bridgehead atoms. The van der Waals surface area contributed by atoms with E-state index >= 15 is 0 Å². The van der Waals surface area contributed by atoms with Crippen LogP contribution in [-0.4, -0.2) is 52.1 Å². The van der Waals surface area contributed by atoms with E-state index in [4.69, 9.17) is 10.5 Å². The molecule has 3 N–H and O–H groups in total. The van der Waals surface area contributed by atoms with E-state index < -0.39 is 10.2 Å². The summed E-state index contributed by atoms with van der Waals surface area (Å²) in [6.45, 7) is 2.99. The van der Waals surface area contributed by atoms with Crippen LogP contribution in [0.1, 0.15) is 19.3 Å². The first-order valence-electron chi connectivity index (χ1n) is 6.11. The molecule has 0 atom stereocenters. The summed E-state index contributed by atoms with van der Waals surface area (Å²) in [5, 5.41) is 0. The lowest BCUT2D eigenvalue weighted by atomic mass is 10.0. The zero-order chi connectivity index (χ0) is 12.4. The number of nitrogens with zero attached hydrogens (tertiary/aromatic N) is 1. The molecule has 0 unspecified atom stereocenters. The molecule has 0 amide bonds. The highest BCUT2D eigenvalue weighted by atomic mass is 32.2. The van der Waals surface area contributed by atoms with Gasteiger partial charge in [0.2, 0.25) is 0 Å². The lowest BCUT2D eigenvalue weighted by molar-refractivity contribution is 0.0724. The van der Waals surface area contributed by atoms with Crippen molar-refractivity contribution in [2.45, 2.75) is 19.3 Å². The van der Waals surface area contributed by atoms with Gasteiger partial charge in [-0.15, -0.1) is 0 Å². The SMILES string of the molecule is NCCC1(CNS(=O)(=O)N2CCOCC2)CC1. The molecular formula is C10H21N3O3S. The van der Waals surface area contributed by atoms with Gasteiger partial charge in [-0.3, -0.25) is 0 Å². The van der Waals surface area contributed by atoms with Crippen molar-refractivity contribution in [1.82, 2.24) is 9.03 Å². The van der Waals surface area contributed by atoms with E-state index in [1.54, 1.807) is 0 Å². The van der Waals surface area contributed by atoms with Gasteiger partial charge < -0.3 is 10.5 Å². The third-order valence-corrected chi connectivity index (χ3v) is 5.13. The Hall–Kier alpha value is -0.210. The number of rotatable bonds is 6. The van der Waals surface area contributed by atoms with Crippen molar-refractivity contribution in [3.63, 3.8) is 0 Å². The zero-order valence-electron chi connectivity index (χ0n) is 10.0. The molecule has 0 radical (unpaired) electrons. The van der Waals surface area contributed by atoms with Crippen LogP contribution in [0, 0.1) is 5.41 Å². The predicted octanol–water partition coefficient (Wildman–Crippen LogP) is -0.718. The minimum Gasteiger partial charge on any atom is -0.379 e. The Balaban J connectivity index is 1.84. The Morgan fingerprint density at radius 3 is 2.47 bits per heavy atom. The molecule has 1 saturated heterocycles. The molecule has 1 aliphatic heterocycles. The fraction of sp³-hybridized carbons (Fsp3) is 1.00. The largest absolute Gasteiger partial charge is 0.379 e. The van der Waals surface area contributed by atoms with Gasteiger partial charge in [0.1, 0.15) is 0 Å². The maximum Gasteiger partial charge on any atom is 0.279 e. The molecule has 6 nitrogen and oxygen atoms in total. The van der Waals surface area contributed by atoms with Gasteiger partial charge in [-0.25, -0.2) is 4.72 Å². The first kappa shape index (κ1) is 13.2. The van der Waals surface area contributed by atoms with Gasteiger partial charge in [-0.2, -0.15) is 12.7 Å². The topological polar surface area (TPSA) is 84.7 Å². The number of ether oxygens (including phenoxy) is 1. The fourth-order valence-corrected chi connectivity index (χ4v) is 3.42. The van der Waals surface area contributed by atoms with E-state index in [1.165, 1.54) is 4.31 Å². The number of morpholine rings is 1. The summed E-state index contributed by atoms with van der Waals surface area (Å²) in [5.41, 5.74) is 5.67. The lowest BCUT2D eigenvalue weighted by Crippen LogP contribution is -2.48. The van der Waals surface area contributed by atoms with Crippen molar-refractivity contribution in [3.05, 3.63) is 0 Å². The Labute approximate surface area is 103 Å². The molecule has 0 spiro atoms. The van der Waals surface area contributed by atoms with Crippen LogP contribution in [0.25, 0.3) is 0 Å². The van der Waals surface area contributed by atoms with Gasteiger partial charge in [0.15, 0.2) is 0 Å². The van der Waals surface area contributed by atoms with Gasteiger partial charge in [0.25, 0.3) is 10.2 Å². The summed E-state index contributed by atoms with van der Waals surface area (Å²) in [7, 11) is -3.33. The third-order valence-electron chi connectivity index (χ3n) is 3.57. The molecule has 0 aromatic rings. The van der Waals surface area contributed by atoms with Gasteiger partial charge >= 0.3 is 0 Å². The second-order valence-corrected chi connectivity index (χ2v) is 6.63. The Kier molecular flexibility index (Phi) is 4.04. The molecule has 0 aromatic carbocycles. The first-order valence-corrected chi connectivity index (χ1v) is 7.55. The highest BCUT2D eigenvalue weighted by Crippen LogP contribution is 2.47. The van der Waals surface area contributed by atoms with Crippen LogP contribution >= 0.6 is 0 Å². The van der Waals surface area contributed by atoms with Crippen molar-refractivity contribution in [3.8, 4) is 0 Å². The highest BCUT2D eigenvalue weighted by molar-refractivity contribution is 7.87. The third kappa shape index (κ3) is 3.38. The quantitative estimate of drug-likeness (QED) is 0.662. The number of nitrogens with one attached hydrogen (secondary N) is 1. The number of hydrogen-bond donors (Lipinski definition) is 2. The van der Waals surface area contributed by atoms with Gasteiger partial charge in [0, 0.05) is 19.6 Å². The average Bonchev–Trinajstić information content (AvgIpc) is 3.09. The van der Waals surface area contributed by atoms with Crippen LogP contribution < -0.4 is 10.5 Å². The average molecular weight is 263 g/mol. The lowest BCUT2D eigenvalue weighted by Gasteiger charge is -2.27. The molecular weight excluding hydrogens is 242 g/mol. The number of nitrogens with two attached hydrogens (primary N) is 1. The molecule has 2 fully saturated rings. The van der Waals surface area contributed by atoms with Crippen molar-refractivity contribution in [2.24, 2.45) is 11.1 Å². The maximum absolute atomic E-state index is 12.0. The maximum atomic E-state index is 12.0. The minimum absolute atomic E-state index is 0.133. The summed E-state index contributed by atoms with van der Waals surface area (Å²) in [4.78, 5) is 0. The van der Waals surface area contributed by atoms with E-state index in [1.807, 2.05) is 0 Å². The molecule has 17 heavy (non-hydrogen) atoms. The van der Waals surface area contributed by atoms with Crippen LogP contribution in [0.15, 0.2) is 0 Å². The van der Waals surface area contributed by atoms with Crippen molar-refractivity contribution < 1.29 is 13.2 Å². The molecule has 0 aromatic heterocycles. The highest BCUT2D eigenvalue weighted by Gasteiger charge is 2.42.